The maximum atomic E-state index is 12.5. The van der Waals surface area contributed by atoms with Crippen LogP contribution in [0.25, 0.3) is 0 Å². The van der Waals surface area contributed by atoms with E-state index in [1.165, 1.54) is 6.07 Å². The molecule has 1 atom stereocenters. The normalized spacial score (nSPS) is 17.0. The second-order valence-electron chi connectivity index (χ2n) is 6.98. The van der Waals surface area contributed by atoms with Crippen LogP contribution in [0.3, 0.4) is 0 Å². The molecule has 0 spiro atoms. The number of hydrogen-bond acceptors (Lipinski definition) is 4. The Hall–Kier alpha value is -2.89. The summed E-state index contributed by atoms with van der Waals surface area (Å²) in [5.74, 6) is 0.157. The van der Waals surface area contributed by atoms with Gasteiger partial charge in [0.05, 0.1) is 4.92 Å². The van der Waals surface area contributed by atoms with E-state index in [1.54, 1.807) is 18.2 Å². The van der Waals surface area contributed by atoms with Crippen LogP contribution in [0.15, 0.2) is 42.5 Å². The second kappa shape index (κ2) is 7.56. The average molecular weight is 353 g/mol. The van der Waals surface area contributed by atoms with Gasteiger partial charge in [-0.2, -0.15) is 0 Å². The van der Waals surface area contributed by atoms with Gasteiger partial charge in [0, 0.05) is 30.4 Å². The number of nitro groups is 1. The molecule has 1 aliphatic heterocycles. The molecule has 26 heavy (non-hydrogen) atoms. The summed E-state index contributed by atoms with van der Waals surface area (Å²) in [6.07, 6.45) is 2.16. The van der Waals surface area contributed by atoms with Crippen LogP contribution in [0, 0.1) is 23.0 Å². The Morgan fingerprint density at radius 2 is 2.08 bits per heavy atom. The minimum Gasteiger partial charge on any atom is -0.366 e. The zero-order valence-corrected chi connectivity index (χ0v) is 15.1. The lowest BCUT2D eigenvalue weighted by Gasteiger charge is -2.32. The van der Waals surface area contributed by atoms with Gasteiger partial charge in [0.15, 0.2) is 0 Å². The molecule has 2 aromatic carbocycles. The van der Waals surface area contributed by atoms with Crippen LogP contribution in [0.2, 0.25) is 0 Å². The van der Waals surface area contributed by atoms with Gasteiger partial charge in [-0.05, 0) is 55.5 Å². The Morgan fingerprint density at radius 1 is 1.27 bits per heavy atom. The second-order valence-corrected chi connectivity index (χ2v) is 6.98. The van der Waals surface area contributed by atoms with E-state index in [4.69, 9.17) is 0 Å². The highest BCUT2D eigenvalue weighted by molar-refractivity contribution is 6.05. The number of anilines is 2. The Kier molecular flexibility index (Phi) is 5.21. The van der Waals surface area contributed by atoms with Crippen molar-refractivity contribution in [1.82, 2.24) is 0 Å². The van der Waals surface area contributed by atoms with Crippen LogP contribution in [0.4, 0.5) is 17.1 Å². The molecule has 1 heterocycles. The fraction of sp³-hybridized carbons (Fsp3) is 0.350. The van der Waals surface area contributed by atoms with Crippen molar-refractivity contribution in [2.75, 3.05) is 23.3 Å². The number of amides is 1. The number of nitro benzene ring substituents is 1. The number of nitrogens with one attached hydrogen (secondary N) is 1. The zero-order chi connectivity index (χ0) is 18.7. The molecule has 0 bridgehead atoms. The van der Waals surface area contributed by atoms with Gasteiger partial charge in [0.1, 0.15) is 5.69 Å². The fourth-order valence-corrected chi connectivity index (χ4v) is 3.41. The number of benzene rings is 2. The first-order valence-corrected chi connectivity index (χ1v) is 8.85. The van der Waals surface area contributed by atoms with Crippen molar-refractivity contribution in [3.05, 3.63) is 63.7 Å². The molecule has 136 valence electrons. The van der Waals surface area contributed by atoms with E-state index < -0.39 is 4.92 Å². The van der Waals surface area contributed by atoms with E-state index in [9.17, 15) is 14.9 Å². The predicted molar refractivity (Wildman–Crippen MR) is 103 cm³/mol. The van der Waals surface area contributed by atoms with Gasteiger partial charge in [-0.15, -0.1) is 0 Å². The van der Waals surface area contributed by atoms with E-state index >= 15 is 0 Å². The first-order valence-electron chi connectivity index (χ1n) is 8.85. The van der Waals surface area contributed by atoms with E-state index in [0.717, 1.165) is 31.5 Å². The molecule has 6 heteroatoms. The lowest BCUT2D eigenvalue weighted by atomic mass is 9.99. The number of piperidine rings is 1. The van der Waals surface area contributed by atoms with Crippen molar-refractivity contribution in [1.29, 1.82) is 0 Å². The number of nitrogens with zero attached hydrogens (tertiary/aromatic N) is 2. The Balaban J connectivity index is 1.86. The summed E-state index contributed by atoms with van der Waals surface area (Å²) >= 11 is 0. The third-order valence-corrected chi connectivity index (χ3v) is 4.71. The molecule has 0 unspecified atom stereocenters. The van der Waals surface area contributed by atoms with E-state index in [1.807, 2.05) is 25.1 Å². The summed E-state index contributed by atoms with van der Waals surface area (Å²) in [6, 6.07) is 12.2. The Labute approximate surface area is 153 Å². The predicted octanol–water partition coefficient (Wildman–Crippen LogP) is 4.39. The maximum Gasteiger partial charge on any atom is 0.293 e. The van der Waals surface area contributed by atoms with Crippen molar-refractivity contribution in [2.24, 2.45) is 5.92 Å². The minimum absolute atomic E-state index is 0.0176. The van der Waals surface area contributed by atoms with Crippen molar-refractivity contribution in [3.8, 4) is 0 Å². The third kappa shape index (κ3) is 4.02. The quantitative estimate of drug-likeness (QED) is 0.653. The van der Waals surface area contributed by atoms with Crippen LogP contribution < -0.4 is 10.2 Å². The van der Waals surface area contributed by atoms with Crippen LogP contribution in [-0.2, 0) is 0 Å². The van der Waals surface area contributed by atoms with E-state index in [2.05, 4.69) is 17.1 Å². The molecule has 2 aromatic rings. The minimum atomic E-state index is -0.405. The SMILES string of the molecule is Cc1cccc(NC(=O)c2ccc(N3CCC[C@H](C)C3)c([N+](=O)[O-])c2)c1. The molecular formula is C20H23N3O3. The van der Waals surface area contributed by atoms with Crippen molar-refractivity contribution >= 4 is 23.0 Å². The molecular weight excluding hydrogens is 330 g/mol. The topological polar surface area (TPSA) is 75.5 Å². The molecule has 6 nitrogen and oxygen atoms in total. The van der Waals surface area contributed by atoms with Gasteiger partial charge in [-0.3, -0.25) is 14.9 Å². The largest absolute Gasteiger partial charge is 0.366 e. The zero-order valence-electron chi connectivity index (χ0n) is 15.1. The summed E-state index contributed by atoms with van der Waals surface area (Å²) in [4.78, 5) is 25.7. The number of aryl methyl sites for hydroxylation is 1. The number of rotatable bonds is 4. The van der Waals surface area contributed by atoms with Crippen LogP contribution in [-0.4, -0.2) is 23.9 Å². The lowest BCUT2D eigenvalue weighted by Crippen LogP contribution is -2.34. The molecule has 0 saturated carbocycles. The highest BCUT2D eigenvalue weighted by Crippen LogP contribution is 2.32. The highest BCUT2D eigenvalue weighted by atomic mass is 16.6. The molecule has 1 saturated heterocycles. The number of hydrogen-bond donors (Lipinski definition) is 1. The van der Waals surface area contributed by atoms with Gasteiger partial charge < -0.3 is 10.2 Å². The number of carbonyl (C=O) groups is 1. The Bertz CT molecular complexity index is 835. The molecule has 1 aliphatic rings. The Morgan fingerprint density at radius 3 is 2.77 bits per heavy atom. The lowest BCUT2D eigenvalue weighted by molar-refractivity contribution is -0.384. The monoisotopic (exact) mass is 353 g/mol. The first kappa shape index (κ1) is 17.9. The fourth-order valence-electron chi connectivity index (χ4n) is 3.41. The van der Waals surface area contributed by atoms with Crippen LogP contribution in [0.1, 0.15) is 35.7 Å². The van der Waals surface area contributed by atoms with Crippen molar-refractivity contribution in [3.63, 3.8) is 0 Å². The van der Waals surface area contributed by atoms with Gasteiger partial charge in [0.25, 0.3) is 11.6 Å². The molecule has 0 aromatic heterocycles. The highest BCUT2D eigenvalue weighted by Gasteiger charge is 2.25. The molecule has 1 fully saturated rings. The molecule has 1 N–H and O–H groups in total. The number of carbonyl (C=O) groups excluding carboxylic acids is 1. The summed E-state index contributed by atoms with van der Waals surface area (Å²) in [7, 11) is 0. The van der Waals surface area contributed by atoms with Gasteiger partial charge >= 0.3 is 0 Å². The van der Waals surface area contributed by atoms with Gasteiger partial charge in [-0.25, -0.2) is 0 Å². The smallest absolute Gasteiger partial charge is 0.293 e. The van der Waals surface area contributed by atoms with Crippen LogP contribution >= 0.6 is 0 Å². The maximum absolute atomic E-state index is 12.5. The van der Waals surface area contributed by atoms with Crippen molar-refractivity contribution < 1.29 is 9.72 Å². The van der Waals surface area contributed by atoms with Crippen molar-refractivity contribution in [2.45, 2.75) is 26.7 Å². The van der Waals surface area contributed by atoms with E-state index in [0.29, 0.717) is 17.3 Å². The summed E-state index contributed by atoms with van der Waals surface area (Å²) in [5, 5.41) is 14.4. The standard InChI is InChI=1S/C20H23N3O3/c1-14-5-3-7-17(11-14)21-20(24)16-8-9-18(19(12-16)23(25)26)22-10-4-6-15(2)13-22/h3,5,7-9,11-12,15H,4,6,10,13H2,1-2H3,(H,21,24)/t15-/m0/s1. The average Bonchev–Trinajstić information content (AvgIpc) is 2.61. The molecule has 0 radical (unpaired) electrons. The van der Waals surface area contributed by atoms with Gasteiger partial charge in [0.2, 0.25) is 0 Å². The summed E-state index contributed by atoms with van der Waals surface area (Å²) in [5.41, 5.74) is 2.56. The van der Waals surface area contributed by atoms with Gasteiger partial charge in [-0.1, -0.05) is 19.1 Å². The van der Waals surface area contributed by atoms with E-state index in [-0.39, 0.29) is 17.2 Å². The summed E-state index contributed by atoms with van der Waals surface area (Å²) < 4.78 is 0. The molecule has 0 aliphatic carbocycles. The molecule has 3 rings (SSSR count). The summed E-state index contributed by atoms with van der Waals surface area (Å²) in [6.45, 7) is 5.70. The molecule has 1 amide bonds. The third-order valence-electron chi connectivity index (χ3n) is 4.71. The van der Waals surface area contributed by atoms with Crippen LogP contribution in [0.5, 0.6) is 0 Å². The first-order chi connectivity index (χ1) is 12.4.